The van der Waals surface area contributed by atoms with E-state index in [2.05, 4.69) is 26.1 Å². The van der Waals surface area contributed by atoms with E-state index in [4.69, 9.17) is 0 Å². The molecule has 0 bridgehead atoms. The molecule has 1 N–H and O–H groups in total. The third-order valence-electron chi connectivity index (χ3n) is 4.92. The maximum Gasteiger partial charge on any atom is 0.00696 e. The smallest absolute Gasteiger partial charge is 0.00696 e. The Morgan fingerprint density at radius 2 is 1.42 bits per heavy atom. The molecule has 0 radical (unpaired) electrons. The third kappa shape index (κ3) is 7.34. The van der Waals surface area contributed by atoms with Crippen molar-refractivity contribution in [2.24, 2.45) is 5.92 Å². The Hall–Kier alpha value is -0.0400. The van der Waals surface area contributed by atoms with Crippen molar-refractivity contribution in [3.05, 3.63) is 0 Å². The van der Waals surface area contributed by atoms with E-state index < -0.39 is 0 Å². The maximum absolute atomic E-state index is 3.98. The zero-order valence-corrected chi connectivity index (χ0v) is 13.7. The van der Waals surface area contributed by atoms with Crippen LogP contribution in [-0.4, -0.2) is 12.1 Å². The fraction of sp³-hybridized carbons (Fsp3) is 1.00. The lowest BCUT2D eigenvalue weighted by molar-refractivity contribution is 0.312. The van der Waals surface area contributed by atoms with Crippen LogP contribution in [0.1, 0.15) is 97.8 Å². The van der Waals surface area contributed by atoms with Gasteiger partial charge >= 0.3 is 0 Å². The third-order valence-corrected chi connectivity index (χ3v) is 4.92. The second kappa shape index (κ2) is 10.7. The van der Waals surface area contributed by atoms with Gasteiger partial charge in [0.15, 0.2) is 0 Å². The molecular formula is C18H37N. The molecule has 0 aromatic rings. The summed E-state index contributed by atoms with van der Waals surface area (Å²) < 4.78 is 0. The molecular weight excluding hydrogens is 230 g/mol. The van der Waals surface area contributed by atoms with Crippen molar-refractivity contribution < 1.29 is 0 Å². The first kappa shape index (κ1) is 17.0. The minimum Gasteiger partial charge on any atom is -0.311 e. The fourth-order valence-corrected chi connectivity index (χ4v) is 3.56. The van der Waals surface area contributed by atoms with Crippen molar-refractivity contribution in [3.63, 3.8) is 0 Å². The van der Waals surface area contributed by atoms with Gasteiger partial charge < -0.3 is 5.32 Å². The van der Waals surface area contributed by atoms with Crippen LogP contribution < -0.4 is 5.32 Å². The Morgan fingerprint density at radius 3 is 1.89 bits per heavy atom. The SMILES string of the molecule is CCCCCC(CCCCC)NC(C)C1CCCC1. The van der Waals surface area contributed by atoms with Crippen molar-refractivity contribution in [1.29, 1.82) is 0 Å². The molecule has 0 heterocycles. The van der Waals surface area contributed by atoms with Gasteiger partial charge in [-0.2, -0.15) is 0 Å². The number of hydrogen-bond acceptors (Lipinski definition) is 1. The highest BCUT2D eigenvalue weighted by molar-refractivity contribution is 4.80. The van der Waals surface area contributed by atoms with Gasteiger partial charge in [0.05, 0.1) is 0 Å². The normalized spacial score (nSPS) is 18.3. The number of nitrogens with one attached hydrogen (secondary N) is 1. The predicted octanol–water partition coefficient (Wildman–Crippen LogP) is 5.68. The standard InChI is InChI=1S/C18H37N/c1-4-6-8-14-18(15-9-7-5-2)19-16(3)17-12-10-11-13-17/h16-19H,4-15H2,1-3H3. The molecule has 0 aromatic heterocycles. The highest BCUT2D eigenvalue weighted by Gasteiger charge is 2.23. The van der Waals surface area contributed by atoms with Crippen LogP contribution in [0.2, 0.25) is 0 Å². The average Bonchev–Trinajstić information content (AvgIpc) is 2.93. The van der Waals surface area contributed by atoms with E-state index >= 15 is 0 Å². The van der Waals surface area contributed by atoms with Gasteiger partial charge in [0.2, 0.25) is 0 Å². The predicted molar refractivity (Wildman–Crippen MR) is 86.6 cm³/mol. The van der Waals surface area contributed by atoms with E-state index in [0.717, 1.165) is 18.0 Å². The van der Waals surface area contributed by atoms with Gasteiger partial charge in [0.1, 0.15) is 0 Å². The molecule has 0 saturated heterocycles. The quantitative estimate of drug-likeness (QED) is 0.475. The summed E-state index contributed by atoms with van der Waals surface area (Å²) in [7, 11) is 0. The minimum atomic E-state index is 0.746. The largest absolute Gasteiger partial charge is 0.311 e. The summed E-state index contributed by atoms with van der Waals surface area (Å²) in [5.74, 6) is 0.958. The maximum atomic E-state index is 3.98. The minimum absolute atomic E-state index is 0.746. The van der Waals surface area contributed by atoms with Crippen molar-refractivity contribution in [2.45, 2.75) is 110 Å². The van der Waals surface area contributed by atoms with E-state index in [1.54, 1.807) is 0 Å². The first-order valence-corrected chi connectivity index (χ1v) is 9.04. The number of rotatable bonds is 11. The Labute approximate surface area is 121 Å². The van der Waals surface area contributed by atoms with Crippen LogP contribution in [0.15, 0.2) is 0 Å². The van der Waals surface area contributed by atoms with Crippen LogP contribution in [-0.2, 0) is 0 Å². The second-order valence-corrected chi connectivity index (χ2v) is 6.69. The molecule has 0 aliphatic heterocycles. The van der Waals surface area contributed by atoms with Crippen molar-refractivity contribution in [1.82, 2.24) is 5.32 Å². The van der Waals surface area contributed by atoms with Crippen molar-refractivity contribution in [2.75, 3.05) is 0 Å². The summed E-state index contributed by atoms with van der Waals surface area (Å²) >= 11 is 0. The van der Waals surface area contributed by atoms with Crippen LogP contribution in [0, 0.1) is 5.92 Å². The van der Waals surface area contributed by atoms with Crippen LogP contribution in [0.4, 0.5) is 0 Å². The van der Waals surface area contributed by atoms with Crippen LogP contribution >= 0.6 is 0 Å². The zero-order valence-electron chi connectivity index (χ0n) is 13.7. The van der Waals surface area contributed by atoms with E-state index in [9.17, 15) is 0 Å². The molecule has 1 nitrogen and oxygen atoms in total. The molecule has 0 spiro atoms. The molecule has 19 heavy (non-hydrogen) atoms. The number of unbranched alkanes of at least 4 members (excludes halogenated alkanes) is 4. The average molecular weight is 268 g/mol. The monoisotopic (exact) mass is 267 g/mol. The van der Waals surface area contributed by atoms with Crippen LogP contribution in [0.3, 0.4) is 0 Å². The molecule has 1 rings (SSSR count). The molecule has 1 saturated carbocycles. The summed E-state index contributed by atoms with van der Waals surface area (Å²) in [5, 5.41) is 3.98. The molecule has 0 aromatic carbocycles. The lowest BCUT2D eigenvalue weighted by Gasteiger charge is -2.27. The summed E-state index contributed by atoms with van der Waals surface area (Å²) in [6, 6.07) is 1.53. The molecule has 1 aliphatic carbocycles. The van der Waals surface area contributed by atoms with Crippen molar-refractivity contribution >= 4 is 0 Å². The van der Waals surface area contributed by atoms with E-state index in [-0.39, 0.29) is 0 Å². The number of hydrogen-bond donors (Lipinski definition) is 1. The Morgan fingerprint density at radius 1 is 0.895 bits per heavy atom. The van der Waals surface area contributed by atoms with Gasteiger partial charge in [0.25, 0.3) is 0 Å². The van der Waals surface area contributed by atoms with Crippen LogP contribution in [0.25, 0.3) is 0 Å². The molecule has 1 atom stereocenters. The zero-order chi connectivity index (χ0) is 13.9. The van der Waals surface area contributed by atoms with Gasteiger partial charge in [-0.3, -0.25) is 0 Å². The Kier molecular flexibility index (Phi) is 9.59. The molecule has 1 unspecified atom stereocenters. The summed E-state index contributed by atoms with van der Waals surface area (Å²) in [5.41, 5.74) is 0. The Balaban J connectivity index is 2.28. The van der Waals surface area contributed by atoms with Gasteiger partial charge in [0, 0.05) is 12.1 Å². The van der Waals surface area contributed by atoms with E-state index in [0.29, 0.717) is 0 Å². The Bertz CT molecular complexity index is 186. The molecule has 1 fully saturated rings. The highest BCUT2D eigenvalue weighted by Crippen LogP contribution is 2.28. The summed E-state index contributed by atoms with van der Waals surface area (Å²) in [6.45, 7) is 7.05. The lowest BCUT2D eigenvalue weighted by Crippen LogP contribution is -2.40. The van der Waals surface area contributed by atoms with E-state index in [1.807, 2.05) is 0 Å². The molecule has 1 aliphatic rings. The fourth-order valence-electron chi connectivity index (χ4n) is 3.56. The first-order valence-electron chi connectivity index (χ1n) is 9.04. The van der Waals surface area contributed by atoms with Gasteiger partial charge in [-0.15, -0.1) is 0 Å². The first-order chi connectivity index (χ1) is 9.27. The van der Waals surface area contributed by atoms with Gasteiger partial charge in [-0.25, -0.2) is 0 Å². The summed E-state index contributed by atoms with van der Waals surface area (Å²) in [4.78, 5) is 0. The lowest BCUT2D eigenvalue weighted by atomic mass is 9.96. The topological polar surface area (TPSA) is 12.0 Å². The highest BCUT2D eigenvalue weighted by atomic mass is 14.9. The summed E-state index contributed by atoms with van der Waals surface area (Å²) in [6.07, 6.45) is 17.0. The van der Waals surface area contributed by atoms with Crippen LogP contribution in [0.5, 0.6) is 0 Å². The van der Waals surface area contributed by atoms with Gasteiger partial charge in [-0.1, -0.05) is 65.2 Å². The molecule has 114 valence electrons. The second-order valence-electron chi connectivity index (χ2n) is 6.69. The molecule has 0 amide bonds. The van der Waals surface area contributed by atoms with Crippen molar-refractivity contribution in [3.8, 4) is 0 Å². The van der Waals surface area contributed by atoms with Gasteiger partial charge in [-0.05, 0) is 38.5 Å². The van der Waals surface area contributed by atoms with E-state index in [1.165, 1.54) is 77.0 Å². The molecule has 1 heteroatoms.